The fraction of sp³-hybridized carbons (Fsp3) is 0.389. The highest BCUT2D eigenvalue weighted by Gasteiger charge is 2.25. The maximum atomic E-state index is 12.3. The molecule has 1 saturated heterocycles. The third kappa shape index (κ3) is 3.80. The van der Waals surface area contributed by atoms with Crippen LogP contribution >= 0.6 is 11.6 Å². The second-order valence-corrected chi connectivity index (χ2v) is 6.24. The van der Waals surface area contributed by atoms with E-state index in [1.807, 2.05) is 31.2 Å². The number of hydrogen-bond donors (Lipinski definition) is 1. The van der Waals surface area contributed by atoms with Gasteiger partial charge in [-0.15, -0.1) is 0 Å². The molecule has 0 radical (unpaired) electrons. The van der Waals surface area contributed by atoms with E-state index < -0.39 is 0 Å². The molecule has 5 nitrogen and oxygen atoms in total. The van der Waals surface area contributed by atoms with Gasteiger partial charge < -0.3 is 14.5 Å². The smallest absolute Gasteiger partial charge is 0.287 e. The molecule has 1 aromatic carbocycles. The lowest BCUT2D eigenvalue weighted by molar-refractivity contribution is 0.0162. The number of halogens is 1. The van der Waals surface area contributed by atoms with Crippen LogP contribution in [0.2, 0.25) is 5.02 Å². The number of rotatable bonds is 5. The van der Waals surface area contributed by atoms with Gasteiger partial charge in [0.15, 0.2) is 5.76 Å². The number of benzene rings is 1. The van der Waals surface area contributed by atoms with Crippen molar-refractivity contribution >= 4 is 17.5 Å². The lowest BCUT2D eigenvalue weighted by atomic mass is 10.0. The molecule has 1 unspecified atom stereocenters. The van der Waals surface area contributed by atoms with E-state index in [1.165, 1.54) is 6.26 Å². The van der Waals surface area contributed by atoms with E-state index in [-0.39, 0.29) is 11.9 Å². The van der Waals surface area contributed by atoms with Crippen LogP contribution in [0.25, 0.3) is 0 Å². The first-order valence-corrected chi connectivity index (χ1v) is 8.43. The number of ether oxygens (including phenoxy) is 1. The number of amides is 1. The monoisotopic (exact) mass is 348 g/mol. The maximum absolute atomic E-state index is 12.3. The Bertz CT molecular complexity index is 695. The summed E-state index contributed by atoms with van der Waals surface area (Å²) in [6.45, 7) is 5.31. The minimum Gasteiger partial charge on any atom is -0.459 e. The van der Waals surface area contributed by atoms with Crippen molar-refractivity contribution in [1.82, 2.24) is 10.2 Å². The summed E-state index contributed by atoms with van der Waals surface area (Å²) in [7, 11) is 0. The van der Waals surface area contributed by atoms with Gasteiger partial charge >= 0.3 is 0 Å². The van der Waals surface area contributed by atoms with Crippen LogP contribution in [0.4, 0.5) is 0 Å². The lowest BCUT2D eigenvalue weighted by Gasteiger charge is -2.35. The van der Waals surface area contributed by atoms with Gasteiger partial charge in [-0.2, -0.15) is 0 Å². The molecule has 0 bridgehead atoms. The highest BCUT2D eigenvalue weighted by atomic mass is 35.5. The summed E-state index contributed by atoms with van der Waals surface area (Å²) in [5.41, 5.74) is 1.84. The van der Waals surface area contributed by atoms with Gasteiger partial charge in [-0.25, -0.2) is 0 Å². The molecular weight excluding hydrogens is 328 g/mol. The predicted molar refractivity (Wildman–Crippen MR) is 92.4 cm³/mol. The van der Waals surface area contributed by atoms with Crippen LogP contribution in [0.1, 0.15) is 27.7 Å². The number of aryl methyl sites for hydroxylation is 1. The number of carbonyl (C=O) groups is 1. The van der Waals surface area contributed by atoms with E-state index in [1.54, 1.807) is 6.07 Å². The molecule has 1 amide bonds. The number of furan rings is 1. The van der Waals surface area contributed by atoms with Crippen molar-refractivity contribution < 1.29 is 13.9 Å². The average molecular weight is 349 g/mol. The number of nitrogens with zero attached hydrogens (tertiary/aromatic N) is 1. The van der Waals surface area contributed by atoms with Crippen LogP contribution < -0.4 is 5.32 Å². The van der Waals surface area contributed by atoms with E-state index in [4.69, 9.17) is 20.8 Å². The first-order valence-electron chi connectivity index (χ1n) is 8.05. The highest BCUT2D eigenvalue weighted by Crippen LogP contribution is 2.27. The van der Waals surface area contributed by atoms with Gasteiger partial charge in [-0.3, -0.25) is 9.69 Å². The first kappa shape index (κ1) is 17.0. The van der Waals surface area contributed by atoms with Gasteiger partial charge in [0.05, 0.1) is 25.5 Å². The van der Waals surface area contributed by atoms with E-state index >= 15 is 0 Å². The molecule has 1 aromatic heterocycles. The number of hydrogen-bond acceptors (Lipinski definition) is 4. The maximum Gasteiger partial charge on any atom is 0.287 e. The molecule has 0 aliphatic carbocycles. The van der Waals surface area contributed by atoms with Crippen LogP contribution in [0.5, 0.6) is 0 Å². The lowest BCUT2D eigenvalue weighted by Crippen LogP contribution is -2.44. The molecule has 2 aromatic rings. The van der Waals surface area contributed by atoms with Crippen LogP contribution in [0, 0.1) is 6.92 Å². The Morgan fingerprint density at radius 1 is 1.29 bits per heavy atom. The Morgan fingerprint density at radius 3 is 2.71 bits per heavy atom. The van der Waals surface area contributed by atoms with Gasteiger partial charge in [0.25, 0.3) is 5.91 Å². The zero-order valence-electron chi connectivity index (χ0n) is 13.6. The van der Waals surface area contributed by atoms with Crippen molar-refractivity contribution in [2.45, 2.75) is 13.0 Å². The quantitative estimate of drug-likeness (QED) is 0.902. The van der Waals surface area contributed by atoms with Crippen molar-refractivity contribution in [3.05, 3.63) is 58.5 Å². The van der Waals surface area contributed by atoms with Gasteiger partial charge in [-0.05, 0) is 24.6 Å². The third-order valence-corrected chi connectivity index (χ3v) is 4.62. The standard InChI is InChI=1S/C18H21ClN2O3/c1-13-6-9-24-17(13)18(22)20-12-16(21-7-10-23-11-8-21)14-4-2-3-5-15(14)19/h2-6,9,16H,7-8,10-12H2,1H3,(H,20,22). The predicted octanol–water partition coefficient (Wildman–Crippen LogP) is 3.04. The van der Waals surface area contributed by atoms with Crippen LogP contribution in [-0.2, 0) is 4.74 Å². The SMILES string of the molecule is Cc1ccoc1C(=O)NCC(c1ccccc1Cl)N1CCOCC1. The largest absolute Gasteiger partial charge is 0.459 e. The summed E-state index contributed by atoms with van der Waals surface area (Å²) in [5, 5.41) is 3.68. The molecule has 1 atom stereocenters. The minimum atomic E-state index is -0.206. The summed E-state index contributed by atoms with van der Waals surface area (Å²) in [6, 6.07) is 9.54. The topological polar surface area (TPSA) is 54.7 Å². The molecule has 0 saturated carbocycles. The third-order valence-electron chi connectivity index (χ3n) is 4.27. The van der Waals surface area contributed by atoms with Crippen LogP contribution in [0.15, 0.2) is 41.0 Å². The molecule has 2 heterocycles. The fourth-order valence-corrected chi connectivity index (χ4v) is 3.21. The molecule has 1 aliphatic rings. The molecule has 3 rings (SSSR count). The minimum absolute atomic E-state index is 0.00168. The Labute approximate surface area is 146 Å². The zero-order valence-corrected chi connectivity index (χ0v) is 14.4. The molecule has 0 spiro atoms. The van der Waals surface area contributed by atoms with Crippen molar-refractivity contribution in [3.63, 3.8) is 0 Å². The molecule has 1 fully saturated rings. The Hall–Kier alpha value is -1.82. The number of morpholine rings is 1. The van der Waals surface area contributed by atoms with E-state index in [9.17, 15) is 4.79 Å². The van der Waals surface area contributed by atoms with Crippen LogP contribution in [-0.4, -0.2) is 43.7 Å². The summed E-state index contributed by atoms with van der Waals surface area (Å²) < 4.78 is 10.7. The number of carbonyl (C=O) groups excluding carboxylic acids is 1. The molecule has 24 heavy (non-hydrogen) atoms. The molecule has 1 aliphatic heterocycles. The first-order chi connectivity index (χ1) is 11.7. The van der Waals surface area contributed by atoms with E-state index in [0.29, 0.717) is 30.5 Å². The van der Waals surface area contributed by atoms with Gasteiger partial charge in [0.2, 0.25) is 0 Å². The van der Waals surface area contributed by atoms with Crippen molar-refractivity contribution in [1.29, 1.82) is 0 Å². The average Bonchev–Trinajstić information content (AvgIpc) is 3.03. The second-order valence-electron chi connectivity index (χ2n) is 5.83. The van der Waals surface area contributed by atoms with E-state index in [0.717, 1.165) is 24.2 Å². The van der Waals surface area contributed by atoms with Gasteiger partial charge in [0, 0.05) is 30.2 Å². The summed E-state index contributed by atoms with van der Waals surface area (Å²) in [5.74, 6) is 0.151. The molecular formula is C18H21ClN2O3. The summed E-state index contributed by atoms with van der Waals surface area (Å²) in [6.07, 6.45) is 1.53. The summed E-state index contributed by atoms with van der Waals surface area (Å²) in [4.78, 5) is 14.6. The highest BCUT2D eigenvalue weighted by molar-refractivity contribution is 6.31. The molecule has 128 valence electrons. The van der Waals surface area contributed by atoms with Crippen molar-refractivity contribution in [2.75, 3.05) is 32.8 Å². The van der Waals surface area contributed by atoms with Gasteiger partial charge in [0.1, 0.15) is 0 Å². The normalized spacial score (nSPS) is 16.8. The fourth-order valence-electron chi connectivity index (χ4n) is 2.95. The Balaban J connectivity index is 1.76. The van der Waals surface area contributed by atoms with Crippen LogP contribution in [0.3, 0.4) is 0 Å². The van der Waals surface area contributed by atoms with Gasteiger partial charge in [-0.1, -0.05) is 29.8 Å². The van der Waals surface area contributed by atoms with Crippen molar-refractivity contribution in [3.8, 4) is 0 Å². The summed E-state index contributed by atoms with van der Waals surface area (Å²) >= 11 is 6.39. The second kappa shape index (κ2) is 7.83. The van der Waals surface area contributed by atoms with Crippen molar-refractivity contribution in [2.24, 2.45) is 0 Å². The Morgan fingerprint density at radius 2 is 2.04 bits per heavy atom. The molecule has 6 heteroatoms. The van der Waals surface area contributed by atoms with E-state index in [2.05, 4.69) is 10.2 Å². The number of nitrogens with one attached hydrogen (secondary N) is 1. The Kier molecular flexibility index (Phi) is 5.56. The zero-order chi connectivity index (χ0) is 16.9. The molecule has 1 N–H and O–H groups in total.